The summed E-state index contributed by atoms with van der Waals surface area (Å²) in [6.45, 7) is 1.43. The largest absolute Gasteiger partial charge is 0.492 e. The fraction of sp³-hybridized carbons (Fsp3) is 0.235. The zero-order chi connectivity index (χ0) is 16.4. The standard InChI is InChI=1S/C17H17N5O2/c23-16-4-6-18-15-5-8-22-17(21-15)14(11-20-22)12-2-1-3-13(10-12)24-9-7-19-16/h1-3,5,8,10-11H,4,6-7,9H2,(H,18,21)(H,19,23). The van der Waals surface area contributed by atoms with Crippen LogP contribution in [0.15, 0.2) is 42.7 Å². The Morgan fingerprint density at radius 3 is 3.08 bits per heavy atom. The number of hydrogen-bond acceptors (Lipinski definition) is 5. The number of nitrogens with zero attached hydrogens (tertiary/aromatic N) is 3. The lowest BCUT2D eigenvalue weighted by atomic mass is 10.1. The second-order valence-corrected chi connectivity index (χ2v) is 5.54. The predicted octanol–water partition coefficient (Wildman–Crippen LogP) is 1.71. The Labute approximate surface area is 138 Å². The van der Waals surface area contributed by atoms with Crippen molar-refractivity contribution in [1.82, 2.24) is 19.9 Å². The van der Waals surface area contributed by atoms with Crippen molar-refractivity contribution < 1.29 is 9.53 Å². The predicted molar refractivity (Wildman–Crippen MR) is 90.0 cm³/mol. The molecule has 7 nitrogen and oxygen atoms in total. The lowest BCUT2D eigenvalue weighted by molar-refractivity contribution is -0.120. The molecule has 0 radical (unpaired) electrons. The molecule has 4 bridgehead atoms. The maximum atomic E-state index is 11.8. The number of carbonyl (C=O) groups excluding carboxylic acids is 1. The van der Waals surface area contributed by atoms with Crippen molar-refractivity contribution in [2.45, 2.75) is 6.42 Å². The molecule has 7 heteroatoms. The molecule has 4 rings (SSSR count). The Hall–Kier alpha value is -3.09. The molecule has 0 spiro atoms. The fourth-order valence-electron chi connectivity index (χ4n) is 2.68. The molecule has 0 fully saturated rings. The molecule has 0 aliphatic carbocycles. The summed E-state index contributed by atoms with van der Waals surface area (Å²) < 4.78 is 7.46. The Morgan fingerprint density at radius 1 is 1.17 bits per heavy atom. The van der Waals surface area contributed by atoms with Crippen molar-refractivity contribution in [2.75, 3.05) is 25.0 Å². The van der Waals surface area contributed by atoms with Gasteiger partial charge in [0.05, 0.1) is 12.7 Å². The van der Waals surface area contributed by atoms with E-state index < -0.39 is 0 Å². The summed E-state index contributed by atoms with van der Waals surface area (Å²) in [6.07, 6.45) is 4.04. The van der Waals surface area contributed by atoms with E-state index in [-0.39, 0.29) is 5.91 Å². The second-order valence-electron chi connectivity index (χ2n) is 5.54. The van der Waals surface area contributed by atoms with Gasteiger partial charge in [0.25, 0.3) is 0 Å². The fourth-order valence-corrected chi connectivity index (χ4v) is 2.68. The van der Waals surface area contributed by atoms with Crippen molar-refractivity contribution in [2.24, 2.45) is 0 Å². The third-order valence-electron chi connectivity index (χ3n) is 3.87. The second kappa shape index (κ2) is 6.19. The minimum atomic E-state index is -0.0131. The number of benzene rings is 1. The van der Waals surface area contributed by atoms with E-state index in [4.69, 9.17) is 4.74 Å². The van der Waals surface area contributed by atoms with E-state index in [1.165, 1.54) is 0 Å². The molecule has 0 atom stereocenters. The van der Waals surface area contributed by atoms with Gasteiger partial charge in [0.2, 0.25) is 5.91 Å². The summed E-state index contributed by atoms with van der Waals surface area (Å²) in [7, 11) is 0. The summed E-state index contributed by atoms with van der Waals surface area (Å²) in [6, 6.07) is 9.65. The number of ether oxygens (including phenoxy) is 1. The van der Waals surface area contributed by atoms with Crippen molar-refractivity contribution >= 4 is 17.4 Å². The van der Waals surface area contributed by atoms with Crippen LogP contribution in [0.1, 0.15) is 6.42 Å². The van der Waals surface area contributed by atoms with Gasteiger partial charge >= 0.3 is 0 Å². The summed E-state index contributed by atoms with van der Waals surface area (Å²) in [4.78, 5) is 16.4. The van der Waals surface area contributed by atoms with Crippen molar-refractivity contribution in [1.29, 1.82) is 0 Å². The monoisotopic (exact) mass is 323 g/mol. The van der Waals surface area contributed by atoms with E-state index in [1.807, 2.05) is 36.5 Å². The number of amides is 1. The van der Waals surface area contributed by atoms with Gasteiger partial charge in [0.1, 0.15) is 18.2 Å². The van der Waals surface area contributed by atoms with Gasteiger partial charge in [-0.2, -0.15) is 5.10 Å². The van der Waals surface area contributed by atoms with Gasteiger partial charge in [-0.05, 0) is 23.8 Å². The maximum absolute atomic E-state index is 11.8. The molecule has 3 heterocycles. The number of carbonyl (C=O) groups is 1. The van der Waals surface area contributed by atoms with Crippen LogP contribution < -0.4 is 15.4 Å². The Bertz CT molecular complexity index is 890. The number of nitrogens with one attached hydrogen (secondary N) is 2. The van der Waals surface area contributed by atoms with Crippen LogP contribution in [0.4, 0.5) is 5.82 Å². The van der Waals surface area contributed by atoms with Crippen molar-refractivity contribution in [3.8, 4) is 16.9 Å². The minimum absolute atomic E-state index is 0.0131. The summed E-state index contributed by atoms with van der Waals surface area (Å²) in [5, 5.41) is 10.4. The molecule has 0 saturated heterocycles. The van der Waals surface area contributed by atoms with Crippen LogP contribution in [0, 0.1) is 0 Å². The molecule has 0 saturated carbocycles. The van der Waals surface area contributed by atoms with Gasteiger partial charge in [-0.25, -0.2) is 9.50 Å². The molecule has 122 valence electrons. The highest BCUT2D eigenvalue weighted by molar-refractivity contribution is 5.79. The molecule has 1 amide bonds. The first-order chi connectivity index (χ1) is 11.8. The van der Waals surface area contributed by atoms with Crippen LogP contribution in [0.3, 0.4) is 0 Å². The number of hydrogen-bond donors (Lipinski definition) is 2. The average molecular weight is 323 g/mol. The quantitative estimate of drug-likeness (QED) is 0.658. The summed E-state index contributed by atoms with van der Waals surface area (Å²) >= 11 is 0. The van der Waals surface area contributed by atoms with E-state index >= 15 is 0 Å². The summed E-state index contributed by atoms with van der Waals surface area (Å²) in [5.74, 6) is 1.46. The van der Waals surface area contributed by atoms with Crippen LogP contribution in [0.5, 0.6) is 5.75 Å². The van der Waals surface area contributed by atoms with Crippen LogP contribution in [0.2, 0.25) is 0 Å². The van der Waals surface area contributed by atoms with E-state index in [0.29, 0.717) is 26.1 Å². The van der Waals surface area contributed by atoms with Gasteiger partial charge < -0.3 is 15.4 Å². The van der Waals surface area contributed by atoms with Gasteiger partial charge in [-0.3, -0.25) is 4.79 Å². The molecule has 0 unspecified atom stereocenters. The molecule has 2 N–H and O–H groups in total. The molecular formula is C17H17N5O2. The number of rotatable bonds is 0. The highest BCUT2D eigenvalue weighted by Crippen LogP contribution is 2.27. The minimum Gasteiger partial charge on any atom is -0.492 e. The first kappa shape index (κ1) is 14.5. The van der Waals surface area contributed by atoms with Crippen LogP contribution in [-0.2, 0) is 4.79 Å². The van der Waals surface area contributed by atoms with Crippen LogP contribution in [-0.4, -0.2) is 40.2 Å². The summed E-state index contributed by atoms with van der Waals surface area (Å²) in [5.41, 5.74) is 2.69. The van der Waals surface area contributed by atoms with Gasteiger partial charge in [0.15, 0.2) is 5.65 Å². The molecule has 1 aliphatic heterocycles. The molecule has 1 aliphatic rings. The van der Waals surface area contributed by atoms with E-state index in [1.54, 1.807) is 10.7 Å². The molecular weight excluding hydrogens is 306 g/mol. The van der Waals surface area contributed by atoms with Crippen molar-refractivity contribution in [3.63, 3.8) is 0 Å². The first-order valence-corrected chi connectivity index (χ1v) is 7.88. The number of fused-ring (bicyclic) bond motifs is 4. The Balaban J connectivity index is 1.77. The maximum Gasteiger partial charge on any atom is 0.221 e. The Morgan fingerprint density at radius 2 is 2.12 bits per heavy atom. The highest BCUT2D eigenvalue weighted by Gasteiger charge is 2.11. The number of anilines is 1. The van der Waals surface area contributed by atoms with Gasteiger partial charge in [0, 0.05) is 24.7 Å². The first-order valence-electron chi connectivity index (χ1n) is 7.88. The van der Waals surface area contributed by atoms with Crippen LogP contribution in [0.25, 0.3) is 16.8 Å². The average Bonchev–Trinajstić information content (AvgIpc) is 3.01. The molecule has 24 heavy (non-hydrogen) atoms. The van der Waals surface area contributed by atoms with Crippen LogP contribution >= 0.6 is 0 Å². The smallest absolute Gasteiger partial charge is 0.221 e. The zero-order valence-electron chi connectivity index (χ0n) is 13.0. The number of aromatic nitrogens is 3. The molecule has 1 aromatic carbocycles. The normalized spacial score (nSPS) is 15.1. The Kier molecular flexibility index (Phi) is 3.74. The van der Waals surface area contributed by atoms with E-state index in [9.17, 15) is 4.79 Å². The van der Waals surface area contributed by atoms with E-state index in [2.05, 4.69) is 20.7 Å². The molecule has 2 aromatic heterocycles. The van der Waals surface area contributed by atoms with E-state index in [0.717, 1.165) is 28.3 Å². The molecule has 3 aromatic rings. The van der Waals surface area contributed by atoms with Gasteiger partial charge in [-0.1, -0.05) is 12.1 Å². The third kappa shape index (κ3) is 2.88. The SMILES string of the molecule is O=C1CCNc2ccn3ncc(c3n2)-c2cccc(c2)OCCN1. The lowest BCUT2D eigenvalue weighted by Crippen LogP contribution is -2.29. The van der Waals surface area contributed by atoms with Crippen molar-refractivity contribution in [3.05, 3.63) is 42.7 Å². The zero-order valence-corrected chi connectivity index (χ0v) is 13.0. The highest BCUT2D eigenvalue weighted by atomic mass is 16.5. The van der Waals surface area contributed by atoms with Gasteiger partial charge in [-0.15, -0.1) is 0 Å². The third-order valence-corrected chi connectivity index (χ3v) is 3.87. The lowest BCUT2D eigenvalue weighted by Gasteiger charge is -2.08. The topological polar surface area (TPSA) is 80.6 Å².